The van der Waals surface area contributed by atoms with Crippen LogP contribution in [0, 0.1) is 10.1 Å². The summed E-state index contributed by atoms with van der Waals surface area (Å²) in [6.07, 6.45) is -1.07. The number of nitrogens with zero attached hydrogens (tertiary/aromatic N) is 2. The Morgan fingerprint density at radius 3 is 2.55 bits per heavy atom. The van der Waals surface area contributed by atoms with E-state index in [2.05, 4.69) is 9.99 Å². The minimum absolute atomic E-state index is 0.150. The summed E-state index contributed by atoms with van der Waals surface area (Å²) < 4.78 is 4.83. The maximum Gasteiger partial charge on any atom is 0.540 e. The lowest BCUT2D eigenvalue weighted by Gasteiger charge is -2.02. The van der Waals surface area contributed by atoms with Crippen molar-refractivity contribution in [2.24, 2.45) is 10.9 Å². The van der Waals surface area contributed by atoms with Crippen LogP contribution in [0.2, 0.25) is 0 Å². The van der Waals surface area contributed by atoms with E-state index in [9.17, 15) is 14.9 Å². The fourth-order valence-electron chi connectivity index (χ4n) is 1.52. The third-order valence-corrected chi connectivity index (χ3v) is 2.52. The third-order valence-electron chi connectivity index (χ3n) is 2.52. The normalized spacial score (nSPS) is 10.8. The van der Waals surface area contributed by atoms with Gasteiger partial charge in [-0.1, -0.05) is 35.5 Å². The van der Waals surface area contributed by atoms with Crippen LogP contribution in [0.25, 0.3) is 0 Å². The first kappa shape index (κ1) is 15.0. The number of nitro benzene ring substituents is 1. The van der Waals surface area contributed by atoms with Gasteiger partial charge in [-0.05, 0) is 12.1 Å². The van der Waals surface area contributed by atoms with Gasteiger partial charge in [-0.2, -0.15) is 0 Å². The molecule has 0 bridgehead atoms. The molecule has 22 heavy (non-hydrogen) atoms. The zero-order valence-corrected chi connectivity index (χ0v) is 11.2. The topological polar surface area (TPSA) is 117 Å². The Balaban J connectivity index is 2.02. The van der Waals surface area contributed by atoms with Crippen LogP contribution in [0.5, 0.6) is 5.75 Å². The molecule has 8 heteroatoms. The monoisotopic (exact) mass is 301 g/mol. The van der Waals surface area contributed by atoms with Gasteiger partial charge < -0.3 is 10.5 Å². The second-order valence-electron chi connectivity index (χ2n) is 4.04. The average molecular weight is 301 g/mol. The van der Waals surface area contributed by atoms with Crippen molar-refractivity contribution in [1.82, 2.24) is 0 Å². The third kappa shape index (κ3) is 4.04. The SMILES string of the molecule is N/C(=N/OC(=O)Oc1ccccc1)c1cccc([N+](=O)[O-])c1. The van der Waals surface area contributed by atoms with Gasteiger partial charge in [0, 0.05) is 17.7 Å². The summed E-state index contributed by atoms with van der Waals surface area (Å²) in [6, 6.07) is 13.7. The molecule has 2 N–H and O–H groups in total. The lowest BCUT2D eigenvalue weighted by Crippen LogP contribution is -2.16. The van der Waals surface area contributed by atoms with E-state index in [1.54, 1.807) is 30.3 Å². The highest BCUT2D eigenvalue weighted by molar-refractivity contribution is 5.97. The van der Waals surface area contributed by atoms with E-state index in [1.807, 2.05) is 0 Å². The van der Waals surface area contributed by atoms with Crippen molar-refractivity contribution in [2.75, 3.05) is 0 Å². The molecule has 8 nitrogen and oxygen atoms in total. The highest BCUT2D eigenvalue weighted by atomic mass is 16.8. The zero-order valence-electron chi connectivity index (χ0n) is 11.2. The van der Waals surface area contributed by atoms with Crippen LogP contribution < -0.4 is 10.5 Å². The summed E-state index contributed by atoms with van der Waals surface area (Å²) in [4.78, 5) is 26.0. The molecule has 0 atom stereocenters. The first-order valence-electron chi connectivity index (χ1n) is 6.08. The number of carbonyl (C=O) groups excluding carboxylic acids is 1. The Labute approximate surface area is 124 Å². The Morgan fingerprint density at radius 1 is 1.14 bits per heavy atom. The molecule has 0 saturated heterocycles. The van der Waals surface area contributed by atoms with Crippen LogP contribution >= 0.6 is 0 Å². The molecule has 0 radical (unpaired) electrons. The molecule has 0 aliphatic rings. The predicted octanol–water partition coefficient (Wildman–Crippen LogP) is 2.43. The lowest BCUT2D eigenvalue weighted by molar-refractivity contribution is -0.384. The number of nitro groups is 1. The van der Waals surface area contributed by atoms with Gasteiger partial charge in [0.25, 0.3) is 5.69 Å². The Morgan fingerprint density at radius 2 is 1.86 bits per heavy atom. The van der Waals surface area contributed by atoms with Crippen LogP contribution in [0.4, 0.5) is 10.5 Å². The summed E-state index contributed by atoms with van der Waals surface area (Å²) in [5.41, 5.74) is 5.70. The lowest BCUT2D eigenvalue weighted by atomic mass is 10.2. The van der Waals surface area contributed by atoms with Gasteiger partial charge in [-0.3, -0.25) is 15.0 Å². The average Bonchev–Trinajstić information content (AvgIpc) is 2.53. The minimum atomic E-state index is -1.07. The number of hydrogen-bond donors (Lipinski definition) is 1. The largest absolute Gasteiger partial charge is 0.540 e. The molecule has 0 aliphatic carbocycles. The highest BCUT2D eigenvalue weighted by Gasteiger charge is 2.10. The fourth-order valence-corrected chi connectivity index (χ4v) is 1.52. The standard InChI is InChI=1S/C14H11N3O5/c15-13(10-5-4-6-11(9-10)17(19)20)16-22-14(18)21-12-7-2-1-3-8-12/h1-9H,(H2,15,16). The van der Waals surface area contributed by atoms with Gasteiger partial charge in [0.1, 0.15) is 5.75 Å². The van der Waals surface area contributed by atoms with Crippen LogP contribution in [0.1, 0.15) is 5.56 Å². The van der Waals surface area contributed by atoms with Gasteiger partial charge >= 0.3 is 6.16 Å². The molecule has 0 fully saturated rings. The van der Waals surface area contributed by atoms with Crippen LogP contribution in [0.15, 0.2) is 59.8 Å². The summed E-state index contributed by atoms with van der Waals surface area (Å²) >= 11 is 0. The molecule has 0 spiro atoms. The number of rotatable bonds is 4. The van der Waals surface area contributed by atoms with E-state index in [0.717, 1.165) is 0 Å². The molecule has 0 amide bonds. The molecule has 2 aromatic rings. The van der Waals surface area contributed by atoms with E-state index < -0.39 is 11.1 Å². The summed E-state index contributed by atoms with van der Waals surface area (Å²) in [7, 11) is 0. The van der Waals surface area contributed by atoms with Gasteiger partial charge in [0.2, 0.25) is 0 Å². The zero-order chi connectivity index (χ0) is 15.9. The van der Waals surface area contributed by atoms with Crippen LogP contribution in [0.3, 0.4) is 0 Å². The molecule has 2 rings (SSSR count). The molecule has 0 heterocycles. The Hall–Kier alpha value is -3.42. The molecule has 2 aromatic carbocycles. The summed E-state index contributed by atoms with van der Waals surface area (Å²) in [6.45, 7) is 0. The number of ether oxygens (including phenoxy) is 1. The smallest absolute Gasteiger partial charge is 0.393 e. The van der Waals surface area contributed by atoms with Crippen molar-refractivity contribution in [1.29, 1.82) is 0 Å². The number of para-hydroxylation sites is 1. The van der Waals surface area contributed by atoms with Gasteiger partial charge in [-0.25, -0.2) is 4.79 Å². The van der Waals surface area contributed by atoms with E-state index in [4.69, 9.17) is 10.5 Å². The fraction of sp³-hybridized carbons (Fsp3) is 0. The molecule has 0 aromatic heterocycles. The van der Waals surface area contributed by atoms with Crippen molar-refractivity contribution in [3.05, 3.63) is 70.3 Å². The Kier molecular flexibility index (Phi) is 4.66. The number of amidine groups is 1. The van der Waals surface area contributed by atoms with Gasteiger partial charge in [0.05, 0.1) is 4.92 Å². The Bertz CT molecular complexity index is 715. The van der Waals surface area contributed by atoms with Crippen molar-refractivity contribution < 1.29 is 19.3 Å². The molecule has 0 aliphatic heterocycles. The van der Waals surface area contributed by atoms with Gasteiger partial charge in [-0.15, -0.1) is 0 Å². The number of benzene rings is 2. The summed E-state index contributed by atoms with van der Waals surface area (Å²) in [5.74, 6) is 0.102. The van der Waals surface area contributed by atoms with Gasteiger partial charge in [0.15, 0.2) is 5.84 Å². The molecule has 0 unspecified atom stereocenters. The number of nitrogens with two attached hydrogens (primary N) is 1. The predicted molar refractivity (Wildman–Crippen MR) is 77.4 cm³/mol. The highest BCUT2D eigenvalue weighted by Crippen LogP contribution is 2.13. The summed E-state index contributed by atoms with van der Waals surface area (Å²) in [5, 5.41) is 14.1. The second kappa shape index (κ2) is 6.84. The van der Waals surface area contributed by atoms with Crippen molar-refractivity contribution in [3.8, 4) is 5.75 Å². The van der Waals surface area contributed by atoms with E-state index >= 15 is 0 Å². The number of carbonyl (C=O) groups is 1. The van der Waals surface area contributed by atoms with Crippen LogP contribution in [-0.4, -0.2) is 16.9 Å². The quantitative estimate of drug-likeness (QED) is 0.176. The number of hydrogen-bond acceptors (Lipinski definition) is 6. The van der Waals surface area contributed by atoms with E-state index in [-0.39, 0.29) is 22.8 Å². The molecule has 0 saturated carbocycles. The maximum absolute atomic E-state index is 11.4. The van der Waals surface area contributed by atoms with Crippen molar-refractivity contribution in [2.45, 2.75) is 0 Å². The minimum Gasteiger partial charge on any atom is -0.393 e. The molecular formula is C14H11N3O5. The molecule has 112 valence electrons. The first-order chi connectivity index (χ1) is 10.6. The first-order valence-corrected chi connectivity index (χ1v) is 6.08. The molecular weight excluding hydrogens is 290 g/mol. The number of non-ortho nitro benzene ring substituents is 1. The maximum atomic E-state index is 11.4. The van der Waals surface area contributed by atoms with Crippen molar-refractivity contribution >= 4 is 17.7 Å². The van der Waals surface area contributed by atoms with Crippen molar-refractivity contribution in [3.63, 3.8) is 0 Å². The van der Waals surface area contributed by atoms with E-state index in [1.165, 1.54) is 24.3 Å². The van der Waals surface area contributed by atoms with E-state index in [0.29, 0.717) is 0 Å². The second-order valence-corrected chi connectivity index (χ2v) is 4.04. The number of oxime groups is 1. The van der Waals surface area contributed by atoms with Crippen LogP contribution in [-0.2, 0) is 4.84 Å².